The lowest BCUT2D eigenvalue weighted by molar-refractivity contribution is -0.113. The Bertz CT molecular complexity index is 298. The van der Waals surface area contributed by atoms with Crippen molar-refractivity contribution in [1.29, 1.82) is 0 Å². The molecule has 3 heteroatoms. The fourth-order valence-corrected chi connectivity index (χ4v) is 1.34. The van der Waals surface area contributed by atoms with Crippen LogP contribution < -0.4 is 0 Å². The number of carbonyl (C=O) groups is 1. The smallest absolute Gasteiger partial charge is 0.155 e. The van der Waals surface area contributed by atoms with Gasteiger partial charge in [0.05, 0.1) is 0 Å². The van der Waals surface area contributed by atoms with E-state index in [2.05, 4.69) is 0 Å². The van der Waals surface area contributed by atoms with Gasteiger partial charge in [-0.1, -0.05) is 36.2 Å². The van der Waals surface area contributed by atoms with Crippen molar-refractivity contribution in [3.8, 4) is 0 Å². The van der Waals surface area contributed by atoms with Crippen molar-refractivity contribution in [1.82, 2.24) is 0 Å². The molecule has 0 saturated carbocycles. The normalized spacial score (nSPS) is 14.5. The molecule has 0 bridgehead atoms. The maximum absolute atomic E-state index is 10.9. The minimum atomic E-state index is 0.00661. The highest BCUT2D eigenvalue weighted by Gasteiger charge is 1.97. The van der Waals surface area contributed by atoms with Gasteiger partial charge in [0, 0.05) is 10.1 Å². The molecule has 0 spiro atoms. The molecule has 0 radical (unpaired) electrons. The molecule has 0 atom stereocenters. The second-order valence-electron chi connectivity index (χ2n) is 2.91. The summed E-state index contributed by atoms with van der Waals surface area (Å²) in [4.78, 5) is 10.9. The van der Waals surface area contributed by atoms with E-state index in [9.17, 15) is 4.79 Å². The van der Waals surface area contributed by atoms with Crippen LogP contribution in [0.15, 0.2) is 33.9 Å². The maximum Gasteiger partial charge on any atom is 0.155 e. The molecular formula is C11H14Cl2O. The molecule has 0 N–H and O–H groups in total. The predicted octanol–water partition coefficient (Wildman–Crippen LogP) is 4.18. The fourth-order valence-electron chi connectivity index (χ4n) is 0.736. The van der Waals surface area contributed by atoms with Crippen molar-refractivity contribution in [2.45, 2.75) is 27.2 Å². The van der Waals surface area contributed by atoms with Gasteiger partial charge in [-0.2, -0.15) is 0 Å². The summed E-state index contributed by atoms with van der Waals surface area (Å²) < 4.78 is 0. The summed E-state index contributed by atoms with van der Waals surface area (Å²) >= 11 is 11.7. The number of hydrogen-bond donors (Lipinski definition) is 0. The molecule has 1 nitrogen and oxygen atoms in total. The van der Waals surface area contributed by atoms with Crippen molar-refractivity contribution in [2.75, 3.05) is 0 Å². The van der Waals surface area contributed by atoms with Crippen LogP contribution >= 0.6 is 23.2 Å². The highest BCUT2D eigenvalue weighted by atomic mass is 35.5. The summed E-state index contributed by atoms with van der Waals surface area (Å²) in [5.74, 6) is 0.00661. The lowest BCUT2D eigenvalue weighted by Gasteiger charge is -1.94. The molecule has 0 aliphatic carbocycles. The molecule has 78 valence electrons. The molecule has 0 aromatic heterocycles. The van der Waals surface area contributed by atoms with E-state index >= 15 is 0 Å². The largest absolute Gasteiger partial charge is 0.295 e. The predicted molar refractivity (Wildman–Crippen MR) is 62.6 cm³/mol. The van der Waals surface area contributed by atoms with Crippen molar-refractivity contribution in [3.05, 3.63) is 33.9 Å². The average molecular weight is 233 g/mol. The molecule has 0 saturated heterocycles. The van der Waals surface area contributed by atoms with Gasteiger partial charge in [-0.3, -0.25) is 4.79 Å². The molecule has 0 aromatic rings. The third kappa shape index (κ3) is 6.01. The highest BCUT2D eigenvalue weighted by molar-refractivity contribution is 6.35. The van der Waals surface area contributed by atoms with E-state index in [1.807, 2.05) is 13.0 Å². The second-order valence-corrected chi connectivity index (χ2v) is 3.78. The van der Waals surface area contributed by atoms with Gasteiger partial charge in [-0.05, 0) is 38.0 Å². The quantitative estimate of drug-likeness (QED) is 0.525. The topological polar surface area (TPSA) is 17.1 Å². The Labute approximate surface area is 95.1 Å². The summed E-state index contributed by atoms with van der Waals surface area (Å²) in [7, 11) is 0. The summed E-state index contributed by atoms with van der Waals surface area (Å²) in [6.45, 7) is 5.20. The Hall–Kier alpha value is -0.530. The third-order valence-corrected chi connectivity index (χ3v) is 2.07. The number of rotatable bonds is 4. The number of ketones is 1. The van der Waals surface area contributed by atoms with Crippen LogP contribution in [0.1, 0.15) is 27.2 Å². The molecule has 0 fully saturated rings. The summed E-state index contributed by atoms with van der Waals surface area (Å²) in [6.07, 6.45) is 5.94. The van der Waals surface area contributed by atoms with Gasteiger partial charge in [0.25, 0.3) is 0 Å². The first-order valence-corrected chi connectivity index (χ1v) is 5.15. The Morgan fingerprint density at radius 1 is 1.14 bits per heavy atom. The Kier molecular flexibility index (Phi) is 6.60. The van der Waals surface area contributed by atoms with Crippen molar-refractivity contribution >= 4 is 29.0 Å². The van der Waals surface area contributed by atoms with Gasteiger partial charge in [0.2, 0.25) is 0 Å². The lowest BCUT2D eigenvalue weighted by Crippen LogP contribution is -1.90. The van der Waals surface area contributed by atoms with Gasteiger partial charge in [0.1, 0.15) is 0 Å². The SMILES string of the molecule is CC/C=C(Cl)/C=C(Cl)\C=C(/C)C(C)=O. The number of Topliss-reactive ketones (excluding diaryl/α,β-unsaturated/α-hetero) is 1. The molecule has 0 aliphatic heterocycles. The first kappa shape index (κ1) is 13.5. The van der Waals surface area contributed by atoms with E-state index in [1.54, 1.807) is 19.1 Å². The Morgan fingerprint density at radius 2 is 1.71 bits per heavy atom. The van der Waals surface area contributed by atoms with Crippen LogP contribution in [-0.2, 0) is 4.79 Å². The maximum atomic E-state index is 10.9. The molecule has 14 heavy (non-hydrogen) atoms. The minimum Gasteiger partial charge on any atom is -0.295 e. The van der Waals surface area contributed by atoms with E-state index in [4.69, 9.17) is 23.2 Å². The zero-order chi connectivity index (χ0) is 11.1. The van der Waals surface area contributed by atoms with Crippen LogP contribution in [-0.4, -0.2) is 5.78 Å². The Morgan fingerprint density at radius 3 is 2.14 bits per heavy atom. The van der Waals surface area contributed by atoms with Crippen LogP contribution in [0.25, 0.3) is 0 Å². The van der Waals surface area contributed by atoms with Crippen LogP contribution in [0.2, 0.25) is 0 Å². The van der Waals surface area contributed by atoms with Crippen molar-refractivity contribution < 1.29 is 4.79 Å². The average Bonchev–Trinajstić information content (AvgIpc) is 2.03. The number of halogens is 2. The molecule has 0 heterocycles. The molecule has 0 aliphatic rings. The monoisotopic (exact) mass is 232 g/mol. The van der Waals surface area contributed by atoms with Gasteiger partial charge < -0.3 is 0 Å². The van der Waals surface area contributed by atoms with Gasteiger partial charge in [-0.25, -0.2) is 0 Å². The molecule has 0 aromatic carbocycles. The van der Waals surface area contributed by atoms with Crippen molar-refractivity contribution in [2.24, 2.45) is 0 Å². The van der Waals surface area contributed by atoms with Gasteiger partial charge >= 0.3 is 0 Å². The van der Waals surface area contributed by atoms with E-state index < -0.39 is 0 Å². The molecule has 0 unspecified atom stereocenters. The van der Waals surface area contributed by atoms with Crippen LogP contribution in [0.3, 0.4) is 0 Å². The summed E-state index contributed by atoms with van der Waals surface area (Å²) in [5, 5.41) is 1.05. The van der Waals surface area contributed by atoms with Crippen LogP contribution in [0.4, 0.5) is 0 Å². The van der Waals surface area contributed by atoms with Crippen LogP contribution in [0.5, 0.6) is 0 Å². The summed E-state index contributed by atoms with van der Waals surface area (Å²) in [5.41, 5.74) is 0.618. The van der Waals surface area contributed by atoms with E-state index in [0.29, 0.717) is 15.6 Å². The molecule has 0 amide bonds. The summed E-state index contributed by atoms with van der Waals surface area (Å²) in [6, 6.07) is 0. The Balaban J connectivity index is 4.63. The van der Waals surface area contributed by atoms with Crippen molar-refractivity contribution in [3.63, 3.8) is 0 Å². The highest BCUT2D eigenvalue weighted by Crippen LogP contribution is 2.14. The standard InChI is InChI=1S/C11H14Cl2O/c1-4-5-10(12)7-11(13)6-8(2)9(3)14/h5-7H,4H2,1-3H3/b8-6+,10-5-,11-7+. The molecule has 0 rings (SSSR count). The van der Waals surface area contributed by atoms with E-state index in [1.165, 1.54) is 6.92 Å². The first-order chi connectivity index (χ1) is 6.47. The van der Waals surface area contributed by atoms with Crippen LogP contribution in [0, 0.1) is 0 Å². The minimum absolute atomic E-state index is 0.00661. The number of hydrogen-bond acceptors (Lipinski definition) is 1. The lowest BCUT2D eigenvalue weighted by atomic mass is 10.2. The zero-order valence-corrected chi connectivity index (χ0v) is 10.1. The van der Waals surface area contributed by atoms with Gasteiger partial charge in [-0.15, -0.1) is 0 Å². The second kappa shape index (κ2) is 6.86. The van der Waals surface area contributed by atoms with E-state index in [0.717, 1.165) is 6.42 Å². The van der Waals surface area contributed by atoms with Gasteiger partial charge in [0.15, 0.2) is 5.78 Å². The number of allylic oxidation sites excluding steroid dienone is 6. The first-order valence-electron chi connectivity index (χ1n) is 4.39. The number of carbonyl (C=O) groups excluding carboxylic acids is 1. The zero-order valence-electron chi connectivity index (χ0n) is 8.60. The molecular weight excluding hydrogens is 219 g/mol. The van der Waals surface area contributed by atoms with E-state index in [-0.39, 0.29) is 5.78 Å². The fraction of sp³-hybridized carbons (Fsp3) is 0.364. The third-order valence-electron chi connectivity index (χ3n) is 1.58.